The summed E-state index contributed by atoms with van der Waals surface area (Å²) >= 11 is 0. The van der Waals surface area contributed by atoms with Crippen LogP contribution in [0.4, 0.5) is 16.3 Å². The van der Waals surface area contributed by atoms with Crippen LogP contribution in [0.15, 0.2) is 42.6 Å². The Morgan fingerprint density at radius 3 is 2.52 bits per heavy atom. The van der Waals surface area contributed by atoms with Crippen molar-refractivity contribution in [1.29, 1.82) is 5.26 Å². The van der Waals surface area contributed by atoms with E-state index in [1.807, 2.05) is 32.9 Å². The topological polar surface area (TPSA) is 92.1 Å². The van der Waals surface area contributed by atoms with E-state index < -0.39 is 5.60 Å². The van der Waals surface area contributed by atoms with E-state index in [-0.39, 0.29) is 6.09 Å². The molecule has 6 rings (SSSR count). The molecule has 232 valence electrons. The molecule has 0 bridgehead atoms. The van der Waals surface area contributed by atoms with Gasteiger partial charge in [-0.2, -0.15) is 5.26 Å². The van der Waals surface area contributed by atoms with Crippen molar-refractivity contribution < 1.29 is 9.53 Å². The number of nitriles is 1. The minimum absolute atomic E-state index is 0.241. The number of ether oxygens (including phenoxy) is 1. The van der Waals surface area contributed by atoms with E-state index in [0.717, 1.165) is 74.8 Å². The number of fused-ring (bicyclic) bond motifs is 2. The Labute approximate surface area is 260 Å². The highest BCUT2D eigenvalue weighted by Crippen LogP contribution is 2.32. The fourth-order valence-electron chi connectivity index (χ4n) is 6.90. The number of anilines is 2. The first-order chi connectivity index (χ1) is 21.1. The number of carbonyl (C=O) groups excluding carboxylic acids is 1. The molecule has 2 aromatic heterocycles. The summed E-state index contributed by atoms with van der Waals surface area (Å²) in [4.78, 5) is 33.8. The van der Waals surface area contributed by atoms with E-state index in [0.29, 0.717) is 30.7 Å². The van der Waals surface area contributed by atoms with E-state index in [4.69, 9.17) is 9.72 Å². The summed E-state index contributed by atoms with van der Waals surface area (Å²) in [5, 5.41) is 10.7. The number of amides is 1. The van der Waals surface area contributed by atoms with Gasteiger partial charge in [-0.1, -0.05) is 6.07 Å². The number of pyridine rings is 2. The van der Waals surface area contributed by atoms with Gasteiger partial charge >= 0.3 is 6.09 Å². The van der Waals surface area contributed by atoms with Crippen molar-refractivity contribution in [3.8, 4) is 6.07 Å². The number of aryl methyl sites for hydroxylation is 1. The predicted octanol–water partition coefficient (Wildman–Crippen LogP) is 4.26. The number of benzene rings is 1. The molecule has 2 atom stereocenters. The molecule has 1 amide bonds. The maximum absolute atomic E-state index is 12.5. The zero-order valence-electron chi connectivity index (χ0n) is 26.7. The fourth-order valence-corrected chi connectivity index (χ4v) is 6.90. The molecule has 3 aromatic rings. The molecule has 3 aliphatic rings. The third kappa shape index (κ3) is 6.30. The van der Waals surface area contributed by atoms with Gasteiger partial charge in [0, 0.05) is 100 Å². The highest BCUT2D eigenvalue weighted by molar-refractivity contribution is 5.95. The molecule has 10 heteroatoms. The van der Waals surface area contributed by atoms with E-state index in [9.17, 15) is 10.1 Å². The molecular weight excluding hydrogens is 552 g/mol. The molecular formula is C34H44N8O2. The molecule has 2 unspecified atom stereocenters. The van der Waals surface area contributed by atoms with Crippen LogP contribution in [0.5, 0.6) is 0 Å². The van der Waals surface area contributed by atoms with Crippen molar-refractivity contribution in [3.63, 3.8) is 0 Å². The number of nitrogens with zero attached hydrogens (tertiary/aromatic N) is 8. The lowest BCUT2D eigenvalue weighted by Gasteiger charge is -2.51. The molecule has 0 spiro atoms. The van der Waals surface area contributed by atoms with Crippen molar-refractivity contribution in [1.82, 2.24) is 24.7 Å². The summed E-state index contributed by atoms with van der Waals surface area (Å²) in [6, 6.07) is 15.6. The second kappa shape index (κ2) is 12.2. The molecule has 0 radical (unpaired) electrons. The third-order valence-corrected chi connectivity index (χ3v) is 9.13. The number of rotatable bonds is 4. The quantitative estimate of drug-likeness (QED) is 0.438. The molecule has 3 saturated heterocycles. The van der Waals surface area contributed by atoms with Gasteiger partial charge in [-0.05, 0) is 70.5 Å². The number of carbonyl (C=O) groups is 1. The van der Waals surface area contributed by atoms with Crippen molar-refractivity contribution in [2.24, 2.45) is 0 Å². The summed E-state index contributed by atoms with van der Waals surface area (Å²) in [6.45, 7) is 18.8. The molecule has 0 N–H and O–H groups in total. The molecule has 44 heavy (non-hydrogen) atoms. The van der Waals surface area contributed by atoms with E-state index >= 15 is 0 Å². The Hall–Kier alpha value is -3.94. The van der Waals surface area contributed by atoms with Gasteiger partial charge in [0.2, 0.25) is 0 Å². The lowest BCUT2D eigenvalue weighted by Crippen LogP contribution is -2.65. The lowest BCUT2D eigenvalue weighted by molar-refractivity contribution is 0.0240. The summed E-state index contributed by atoms with van der Waals surface area (Å²) in [5.74, 6) is 0.973. The molecule has 10 nitrogen and oxygen atoms in total. The first-order valence-corrected chi connectivity index (χ1v) is 15.8. The molecule has 0 aliphatic carbocycles. The van der Waals surface area contributed by atoms with Crippen LogP contribution in [0.1, 0.15) is 44.5 Å². The third-order valence-electron chi connectivity index (χ3n) is 9.13. The highest BCUT2D eigenvalue weighted by atomic mass is 16.6. The van der Waals surface area contributed by atoms with Crippen LogP contribution >= 0.6 is 0 Å². The Morgan fingerprint density at radius 2 is 1.80 bits per heavy atom. The van der Waals surface area contributed by atoms with Gasteiger partial charge in [0.25, 0.3) is 0 Å². The van der Waals surface area contributed by atoms with Gasteiger partial charge in [-0.3, -0.25) is 14.8 Å². The minimum atomic E-state index is -0.485. The average molecular weight is 597 g/mol. The number of aromatic nitrogens is 2. The van der Waals surface area contributed by atoms with Crippen molar-refractivity contribution >= 4 is 28.5 Å². The van der Waals surface area contributed by atoms with Gasteiger partial charge < -0.3 is 19.4 Å². The summed E-state index contributed by atoms with van der Waals surface area (Å²) in [5.41, 5.74) is 4.41. The number of hydrogen-bond acceptors (Lipinski definition) is 9. The second-order valence-corrected chi connectivity index (χ2v) is 13.4. The SMILES string of the molecule is Cc1nc(N2CCN(C(=O)OC(C)(C)C)CC2)ccc1CN1CCN2C(C)CN(c3ccc(C#N)c4ncccc34)CC2C1. The van der Waals surface area contributed by atoms with E-state index in [2.05, 4.69) is 68.8 Å². The van der Waals surface area contributed by atoms with Crippen LogP contribution in [0.25, 0.3) is 10.9 Å². The predicted molar refractivity (Wildman–Crippen MR) is 173 cm³/mol. The van der Waals surface area contributed by atoms with Crippen molar-refractivity contribution in [3.05, 3.63) is 59.4 Å². The van der Waals surface area contributed by atoms with Crippen LogP contribution in [-0.2, 0) is 11.3 Å². The van der Waals surface area contributed by atoms with E-state index in [1.165, 1.54) is 11.3 Å². The van der Waals surface area contributed by atoms with Gasteiger partial charge in [0.1, 0.15) is 17.5 Å². The second-order valence-electron chi connectivity index (χ2n) is 13.4. The summed E-state index contributed by atoms with van der Waals surface area (Å²) in [7, 11) is 0. The summed E-state index contributed by atoms with van der Waals surface area (Å²) in [6.07, 6.45) is 1.53. The van der Waals surface area contributed by atoms with Gasteiger partial charge in [0.15, 0.2) is 0 Å². The van der Waals surface area contributed by atoms with Crippen molar-refractivity contribution in [2.45, 2.75) is 58.8 Å². The Balaban J connectivity index is 1.09. The van der Waals surface area contributed by atoms with Gasteiger partial charge in [0.05, 0.1) is 11.1 Å². The molecule has 0 saturated carbocycles. The Kier molecular flexibility index (Phi) is 8.36. The molecule has 3 aliphatic heterocycles. The zero-order valence-corrected chi connectivity index (χ0v) is 26.7. The molecule has 1 aromatic carbocycles. The standard InChI is InChI=1S/C34H44N8O2/c1-24-20-41(30-10-8-26(19-35)32-29(30)7-6-12-36-32)23-28-22-38(13-18-42(24)28)21-27-9-11-31(37-25(27)2)39-14-16-40(17-15-39)33(43)44-34(3,4)5/h6-12,24,28H,13-18,20-23H2,1-5H3. The zero-order chi connectivity index (χ0) is 31.0. The van der Waals surface area contributed by atoms with Crippen LogP contribution in [-0.4, -0.2) is 107 Å². The maximum atomic E-state index is 12.5. The average Bonchev–Trinajstić information content (AvgIpc) is 3.00. The van der Waals surface area contributed by atoms with Crippen LogP contribution in [0.3, 0.4) is 0 Å². The normalized spacial score (nSPS) is 21.7. The monoisotopic (exact) mass is 596 g/mol. The first kappa shape index (κ1) is 30.1. The minimum Gasteiger partial charge on any atom is -0.444 e. The van der Waals surface area contributed by atoms with E-state index in [1.54, 1.807) is 11.1 Å². The lowest BCUT2D eigenvalue weighted by atomic mass is 10.0. The summed E-state index contributed by atoms with van der Waals surface area (Å²) < 4.78 is 5.55. The van der Waals surface area contributed by atoms with Crippen molar-refractivity contribution in [2.75, 3.05) is 68.7 Å². The van der Waals surface area contributed by atoms with Crippen LogP contribution in [0, 0.1) is 18.3 Å². The van der Waals surface area contributed by atoms with Gasteiger partial charge in [-0.25, -0.2) is 9.78 Å². The molecule has 3 fully saturated rings. The first-order valence-electron chi connectivity index (χ1n) is 15.8. The number of piperazine rings is 3. The molecule has 5 heterocycles. The van der Waals surface area contributed by atoms with Gasteiger partial charge in [-0.15, -0.1) is 0 Å². The largest absolute Gasteiger partial charge is 0.444 e. The smallest absolute Gasteiger partial charge is 0.410 e. The van der Waals surface area contributed by atoms with Crippen LogP contribution in [0.2, 0.25) is 0 Å². The number of hydrogen-bond donors (Lipinski definition) is 0. The Morgan fingerprint density at radius 1 is 1.00 bits per heavy atom. The Bertz CT molecular complexity index is 1560. The highest BCUT2D eigenvalue weighted by Gasteiger charge is 2.37. The fraction of sp³-hybridized carbons (Fsp3) is 0.529. The van der Waals surface area contributed by atoms with Crippen LogP contribution < -0.4 is 9.80 Å². The maximum Gasteiger partial charge on any atom is 0.410 e.